The van der Waals surface area contributed by atoms with Gasteiger partial charge in [-0.05, 0) is 6.07 Å². The molecule has 2 aromatic rings. The van der Waals surface area contributed by atoms with Crippen molar-refractivity contribution in [3.63, 3.8) is 0 Å². The molecule has 0 aliphatic carbocycles. The second kappa shape index (κ2) is 2.31. The summed E-state index contributed by atoms with van der Waals surface area (Å²) < 4.78 is 1.72. The fraction of sp³-hybridized carbons (Fsp3) is 0.125. The highest BCUT2D eigenvalue weighted by Crippen LogP contribution is 2.13. The third-order valence-electron chi connectivity index (χ3n) is 1.78. The molecule has 0 atom stereocenters. The fourth-order valence-corrected chi connectivity index (χ4v) is 1.17. The molecule has 0 fully saturated rings. The Balaban J connectivity index is 2.92. The quantitative estimate of drug-likeness (QED) is 0.570. The summed E-state index contributed by atoms with van der Waals surface area (Å²) in [6.07, 6.45) is 3.27. The number of fused-ring (bicyclic) bond motifs is 1. The molecule has 58 valence electrons. The third kappa shape index (κ3) is 0.768. The van der Waals surface area contributed by atoms with Crippen LogP contribution in [0, 0.1) is 11.3 Å². The Bertz CT molecular complexity index is 463. The summed E-state index contributed by atoms with van der Waals surface area (Å²) in [5.41, 5.74) is 1.36. The van der Waals surface area contributed by atoms with Gasteiger partial charge in [0.1, 0.15) is 6.07 Å². The first-order chi connectivity index (χ1) is 5.83. The minimum Gasteiger partial charge on any atom is -0.268 e. The van der Waals surface area contributed by atoms with Crippen LogP contribution >= 0.6 is 0 Å². The lowest BCUT2D eigenvalue weighted by Gasteiger charge is -1.92. The molecule has 2 rings (SSSR count). The van der Waals surface area contributed by atoms with E-state index in [0.717, 1.165) is 10.9 Å². The minimum absolute atomic E-state index is 0.431. The van der Waals surface area contributed by atoms with E-state index in [2.05, 4.69) is 10.1 Å². The predicted molar refractivity (Wildman–Crippen MR) is 43.2 cm³/mol. The van der Waals surface area contributed by atoms with Crippen molar-refractivity contribution in [2.75, 3.05) is 0 Å². The van der Waals surface area contributed by atoms with E-state index in [1.54, 1.807) is 17.1 Å². The predicted octanol–water partition coefficient (Wildman–Crippen LogP) is 0.840. The van der Waals surface area contributed by atoms with Gasteiger partial charge in [0, 0.05) is 13.2 Å². The van der Waals surface area contributed by atoms with Crippen molar-refractivity contribution >= 4 is 10.9 Å². The van der Waals surface area contributed by atoms with Crippen LogP contribution in [0.25, 0.3) is 10.9 Å². The second-order valence-corrected chi connectivity index (χ2v) is 2.47. The van der Waals surface area contributed by atoms with Gasteiger partial charge >= 0.3 is 0 Å². The van der Waals surface area contributed by atoms with Crippen LogP contribution in [0.4, 0.5) is 0 Å². The van der Waals surface area contributed by atoms with Crippen molar-refractivity contribution in [3.05, 3.63) is 24.2 Å². The molecule has 12 heavy (non-hydrogen) atoms. The van der Waals surface area contributed by atoms with Gasteiger partial charge in [-0.2, -0.15) is 10.4 Å². The monoisotopic (exact) mass is 158 g/mol. The summed E-state index contributed by atoms with van der Waals surface area (Å²) in [5.74, 6) is 0. The van der Waals surface area contributed by atoms with Crippen LogP contribution in [0.3, 0.4) is 0 Å². The van der Waals surface area contributed by atoms with Gasteiger partial charge in [0.2, 0.25) is 0 Å². The van der Waals surface area contributed by atoms with E-state index >= 15 is 0 Å². The first-order valence-corrected chi connectivity index (χ1v) is 3.50. The lowest BCUT2D eigenvalue weighted by atomic mass is 10.2. The van der Waals surface area contributed by atoms with Gasteiger partial charge in [0.05, 0.1) is 17.1 Å². The second-order valence-electron chi connectivity index (χ2n) is 2.47. The van der Waals surface area contributed by atoms with E-state index in [-0.39, 0.29) is 0 Å². The Morgan fingerprint density at radius 1 is 1.58 bits per heavy atom. The Morgan fingerprint density at radius 3 is 3.17 bits per heavy atom. The number of pyridine rings is 1. The van der Waals surface area contributed by atoms with Crippen LogP contribution in [0.2, 0.25) is 0 Å². The van der Waals surface area contributed by atoms with Gasteiger partial charge in [-0.15, -0.1) is 0 Å². The summed E-state index contributed by atoms with van der Waals surface area (Å²) in [6.45, 7) is 0. The minimum atomic E-state index is 0.431. The molecule has 0 bridgehead atoms. The first-order valence-electron chi connectivity index (χ1n) is 3.50. The molecule has 4 heteroatoms. The van der Waals surface area contributed by atoms with Gasteiger partial charge in [0.15, 0.2) is 5.69 Å². The Hall–Kier alpha value is -1.89. The first kappa shape index (κ1) is 6.80. The average Bonchev–Trinajstić information content (AvgIpc) is 2.48. The topological polar surface area (TPSA) is 54.5 Å². The zero-order chi connectivity index (χ0) is 8.55. The zero-order valence-corrected chi connectivity index (χ0v) is 6.52. The summed E-state index contributed by atoms with van der Waals surface area (Å²) in [4.78, 5) is 3.92. The lowest BCUT2D eigenvalue weighted by molar-refractivity contribution is 0.797. The van der Waals surface area contributed by atoms with Crippen molar-refractivity contribution in [2.24, 2.45) is 7.05 Å². The molecule has 0 aromatic carbocycles. The van der Waals surface area contributed by atoms with Crippen molar-refractivity contribution in [3.8, 4) is 6.07 Å². The molecule has 0 saturated carbocycles. The summed E-state index contributed by atoms with van der Waals surface area (Å²) in [6, 6.07) is 3.86. The number of hydrogen-bond donors (Lipinski definition) is 0. The smallest absolute Gasteiger partial charge is 0.151 e. The maximum absolute atomic E-state index is 8.70. The standard InChI is InChI=1S/C8H6N4/c1-12-8-2-3-10-7(4-9)6(8)5-11-12/h2-3,5H,1H3. The van der Waals surface area contributed by atoms with E-state index in [0.29, 0.717) is 5.69 Å². The highest BCUT2D eigenvalue weighted by molar-refractivity contribution is 5.82. The van der Waals surface area contributed by atoms with Crippen LogP contribution in [-0.4, -0.2) is 14.8 Å². The molecular weight excluding hydrogens is 152 g/mol. The van der Waals surface area contributed by atoms with E-state index in [4.69, 9.17) is 5.26 Å². The van der Waals surface area contributed by atoms with E-state index in [1.807, 2.05) is 19.2 Å². The zero-order valence-electron chi connectivity index (χ0n) is 6.52. The molecule has 0 amide bonds. The number of rotatable bonds is 0. The third-order valence-corrected chi connectivity index (χ3v) is 1.78. The molecule has 0 aliphatic rings. The van der Waals surface area contributed by atoms with Crippen LogP contribution in [0.1, 0.15) is 5.69 Å². The Morgan fingerprint density at radius 2 is 2.42 bits per heavy atom. The number of nitriles is 1. The average molecular weight is 158 g/mol. The molecule has 0 saturated heterocycles. The molecule has 0 spiro atoms. The molecular formula is C8H6N4. The van der Waals surface area contributed by atoms with Crippen molar-refractivity contribution in [1.82, 2.24) is 14.8 Å². The Labute approximate surface area is 69.1 Å². The molecule has 0 aliphatic heterocycles. The summed E-state index contributed by atoms with van der Waals surface area (Å²) in [7, 11) is 1.84. The summed E-state index contributed by atoms with van der Waals surface area (Å²) >= 11 is 0. The number of hydrogen-bond acceptors (Lipinski definition) is 3. The largest absolute Gasteiger partial charge is 0.268 e. The van der Waals surface area contributed by atoms with Crippen LogP contribution in [-0.2, 0) is 7.05 Å². The highest BCUT2D eigenvalue weighted by atomic mass is 15.2. The maximum Gasteiger partial charge on any atom is 0.151 e. The molecule has 0 N–H and O–H groups in total. The maximum atomic E-state index is 8.70. The van der Waals surface area contributed by atoms with Crippen molar-refractivity contribution < 1.29 is 0 Å². The van der Waals surface area contributed by atoms with Crippen LogP contribution in [0.5, 0.6) is 0 Å². The highest BCUT2D eigenvalue weighted by Gasteiger charge is 2.03. The van der Waals surface area contributed by atoms with Gasteiger partial charge in [-0.3, -0.25) is 4.68 Å². The van der Waals surface area contributed by atoms with Gasteiger partial charge in [-0.1, -0.05) is 0 Å². The lowest BCUT2D eigenvalue weighted by Crippen LogP contribution is -1.89. The molecule has 4 nitrogen and oxygen atoms in total. The van der Waals surface area contributed by atoms with E-state index in [9.17, 15) is 0 Å². The molecule has 2 heterocycles. The summed E-state index contributed by atoms with van der Waals surface area (Å²) in [5, 5.41) is 13.5. The fourth-order valence-electron chi connectivity index (χ4n) is 1.17. The van der Waals surface area contributed by atoms with Gasteiger partial charge in [-0.25, -0.2) is 4.98 Å². The van der Waals surface area contributed by atoms with Gasteiger partial charge < -0.3 is 0 Å². The van der Waals surface area contributed by atoms with Gasteiger partial charge in [0.25, 0.3) is 0 Å². The number of aromatic nitrogens is 3. The van der Waals surface area contributed by atoms with E-state index < -0.39 is 0 Å². The number of aryl methyl sites for hydroxylation is 1. The van der Waals surface area contributed by atoms with Crippen LogP contribution < -0.4 is 0 Å². The normalized spacial score (nSPS) is 10.0. The van der Waals surface area contributed by atoms with E-state index in [1.165, 1.54) is 0 Å². The molecule has 2 aromatic heterocycles. The molecule has 0 unspecified atom stereocenters. The van der Waals surface area contributed by atoms with Crippen molar-refractivity contribution in [2.45, 2.75) is 0 Å². The van der Waals surface area contributed by atoms with Crippen LogP contribution in [0.15, 0.2) is 18.5 Å². The number of nitrogens with zero attached hydrogens (tertiary/aromatic N) is 4. The SMILES string of the molecule is Cn1ncc2c(C#N)nccc21. The molecule has 0 radical (unpaired) electrons. The Kier molecular flexibility index (Phi) is 1.31. The van der Waals surface area contributed by atoms with Crippen molar-refractivity contribution in [1.29, 1.82) is 5.26 Å².